The summed E-state index contributed by atoms with van der Waals surface area (Å²) in [5.74, 6) is -0.809. The van der Waals surface area contributed by atoms with Gasteiger partial charge in [-0.2, -0.15) is 0 Å². The molecule has 5 nitrogen and oxygen atoms in total. The molecule has 1 amide bonds. The normalized spacial score (nSPS) is 14.7. The Morgan fingerprint density at radius 2 is 2.00 bits per heavy atom. The molecule has 3 rings (SSSR count). The number of hydrogen-bond donors (Lipinski definition) is 1. The smallest absolute Gasteiger partial charge is 0.395 e. The highest BCUT2D eigenvalue weighted by Gasteiger charge is 2.43. The number of rotatable bonds is 2. The summed E-state index contributed by atoms with van der Waals surface area (Å²) < 4.78 is 35.0. The van der Waals surface area contributed by atoms with Crippen molar-refractivity contribution >= 4 is 39.1 Å². The first kappa shape index (κ1) is 15.0. The van der Waals surface area contributed by atoms with E-state index in [2.05, 4.69) is 35.7 Å². The number of aromatic nitrogens is 1. The Hall–Kier alpha value is -1.93. The van der Waals surface area contributed by atoms with Crippen molar-refractivity contribution in [1.29, 1.82) is 0 Å². The third kappa shape index (κ3) is 2.97. The van der Waals surface area contributed by atoms with E-state index in [1.165, 1.54) is 30.5 Å². The first-order chi connectivity index (χ1) is 10.3. The van der Waals surface area contributed by atoms with Gasteiger partial charge in [0.15, 0.2) is 11.5 Å². The van der Waals surface area contributed by atoms with Crippen LogP contribution in [0, 0.1) is 0 Å². The molecule has 0 unspecified atom stereocenters. The van der Waals surface area contributed by atoms with E-state index in [-0.39, 0.29) is 27.9 Å². The maximum atomic E-state index is 12.9. The maximum absolute atomic E-state index is 12.9. The molecule has 114 valence electrons. The molecule has 2 aromatic rings. The molecule has 0 saturated carbocycles. The number of anilines is 1. The number of hydrogen-bond acceptors (Lipinski definition) is 4. The van der Waals surface area contributed by atoms with E-state index in [4.69, 9.17) is 11.6 Å². The van der Waals surface area contributed by atoms with Gasteiger partial charge >= 0.3 is 6.29 Å². The van der Waals surface area contributed by atoms with E-state index in [0.29, 0.717) is 4.47 Å². The van der Waals surface area contributed by atoms with Crippen LogP contribution >= 0.6 is 27.5 Å². The minimum Gasteiger partial charge on any atom is -0.395 e. The third-order valence-electron chi connectivity index (χ3n) is 2.71. The Kier molecular flexibility index (Phi) is 3.65. The summed E-state index contributed by atoms with van der Waals surface area (Å²) in [4.78, 5) is 16.0. The van der Waals surface area contributed by atoms with Gasteiger partial charge in [-0.3, -0.25) is 4.79 Å². The first-order valence-corrected chi connectivity index (χ1v) is 7.03. The summed E-state index contributed by atoms with van der Waals surface area (Å²) in [6.07, 6.45) is -2.26. The number of pyridine rings is 1. The summed E-state index contributed by atoms with van der Waals surface area (Å²) in [6, 6.07) is 5.40. The lowest BCUT2D eigenvalue weighted by Crippen LogP contribution is -2.25. The topological polar surface area (TPSA) is 60.5 Å². The zero-order chi connectivity index (χ0) is 15.9. The van der Waals surface area contributed by atoms with E-state index in [0.717, 1.165) is 0 Å². The van der Waals surface area contributed by atoms with Crippen molar-refractivity contribution in [2.24, 2.45) is 0 Å². The number of ether oxygens (including phenoxy) is 2. The average Bonchev–Trinajstić information content (AvgIpc) is 2.74. The van der Waals surface area contributed by atoms with E-state index < -0.39 is 12.2 Å². The van der Waals surface area contributed by atoms with Crippen molar-refractivity contribution in [2.45, 2.75) is 6.29 Å². The lowest BCUT2D eigenvalue weighted by atomic mass is 10.2. The monoisotopic (exact) mass is 390 g/mol. The molecule has 1 aromatic carbocycles. The molecule has 1 aromatic heterocycles. The van der Waals surface area contributed by atoms with Crippen LogP contribution in [0.2, 0.25) is 5.15 Å². The summed E-state index contributed by atoms with van der Waals surface area (Å²) in [7, 11) is 0. The number of fused-ring (bicyclic) bond motifs is 1. The Morgan fingerprint density at radius 3 is 2.77 bits per heavy atom. The van der Waals surface area contributed by atoms with E-state index in [1.54, 1.807) is 0 Å². The maximum Gasteiger partial charge on any atom is 0.586 e. The van der Waals surface area contributed by atoms with Crippen LogP contribution in [0.5, 0.6) is 11.5 Å². The lowest BCUT2D eigenvalue weighted by Gasteiger charge is -2.07. The molecular weight excluding hydrogens is 386 g/mol. The minimum absolute atomic E-state index is 0.0213. The first-order valence-electron chi connectivity index (χ1n) is 5.86. The van der Waals surface area contributed by atoms with Gasteiger partial charge in [0, 0.05) is 22.4 Å². The number of alkyl halides is 2. The average molecular weight is 392 g/mol. The molecule has 0 aliphatic carbocycles. The number of amides is 1. The number of carbonyl (C=O) groups is 1. The van der Waals surface area contributed by atoms with Gasteiger partial charge in [0.1, 0.15) is 5.15 Å². The fourth-order valence-corrected chi connectivity index (χ4v) is 2.33. The minimum atomic E-state index is -3.71. The molecule has 0 saturated heterocycles. The van der Waals surface area contributed by atoms with Gasteiger partial charge in [-0.25, -0.2) is 4.98 Å². The molecular formula is C13H6BrClF2N2O3. The Morgan fingerprint density at radius 1 is 1.27 bits per heavy atom. The third-order valence-corrected chi connectivity index (χ3v) is 3.44. The van der Waals surface area contributed by atoms with Crippen LogP contribution in [0.4, 0.5) is 14.5 Å². The van der Waals surface area contributed by atoms with E-state index in [9.17, 15) is 13.6 Å². The number of benzene rings is 1. The van der Waals surface area contributed by atoms with Crippen LogP contribution in [0.25, 0.3) is 0 Å². The van der Waals surface area contributed by atoms with Crippen LogP contribution in [0.15, 0.2) is 34.9 Å². The van der Waals surface area contributed by atoms with Crippen LogP contribution in [0.1, 0.15) is 10.4 Å². The van der Waals surface area contributed by atoms with Crippen LogP contribution < -0.4 is 14.8 Å². The zero-order valence-electron chi connectivity index (χ0n) is 10.6. The molecule has 0 radical (unpaired) electrons. The standard InChI is InChI=1S/C13H6BrClF2N2O3/c14-6-3-8(11(15)18-5-6)12(20)19-7-1-2-9-10(4-7)22-13(16,17)21-9/h1-5H,(H,19,20). The van der Waals surface area contributed by atoms with Gasteiger partial charge in [0.25, 0.3) is 5.91 Å². The van der Waals surface area contributed by atoms with Gasteiger partial charge in [-0.15, -0.1) is 8.78 Å². The van der Waals surface area contributed by atoms with E-state index in [1.807, 2.05) is 0 Å². The second-order valence-electron chi connectivity index (χ2n) is 4.28. The van der Waals surface area contributed by atoms with Crippen molar-refractivity contribution in [3.63, 3.8) is 0 Å². The number of nitrogens with zero attached hydrogens (tertiary/aromatic N) is 1. The Labute approximate surface area is 136 Å². The highest BCUT2D eigenvalue weighted by Crippen LogP contribution is 2.42. The predicted octanol–water partition coefficient (Wildman–Crippen LogP) is 4.07. The fourth-order valence-electron chi connectivity index (χ4n) is 1.81. The summed E-state index contributed by atoms with van der Waals surface area (Å²) in [5, 5.41) is 2.54. The van der Waals surface area contributed by atoms with Gasteiger partial charge in [0.2, 0.25) is 0 Å². The van der Waals surface area contributed by atoms with Gasteiger partial charge in [0.05, 0.1) is 5.56 Å². The van der Waals surface area contributed by atoms with Crippen LogP contribution in [0.3, 0.4) is 0 Å². The molecule has 1 aliphatic heterocycles. The Balaban J connectivity index is 1.83. The van der Waals surface area contributed by atoms with Gasteiger partial charge in [-0.1, -0.05) is 11.6 Å². The molecule has 0 atom stereocenters. The predicted molar refractivity (Wildman–Crippen MR) is 77.5 cm³/mol. The number of nitrogens with one attached hydrogen (secondary N) is 1. The van der Waals surface area contributed by atoms with Crippen molar-refractivity contribution < 1.29 is 23.0 Å². The van der Waals surface area contributed by atoms with Crippen molar-refractivity contribution in [1.82, 2.24) is 4.98 Å². The zero-order valence-corrected chi connectivity index (χ0v) is 12.9. The van der Waals surface area contributed by atoms with E-state index >= 15 is 0 Å². The summed E-state index contributed by atoms with van der Waals surface area (Å²) >= 11 is 9.03. The van der Waals surface area contributed by atoms with Crippen molar-refractivity contribution in [2.75, 3.05) is 5.32 Å². The largest absolute Gasteiger partial charge is 0.586 e. The van der Waals surface area contributed by atoms with Crippen LogP contribution in [-0.4, -0.2) is 17.2 Å². The molecule has 0 spiro atoms. The molecule has 1 N–H and O–H groups in total. The van der Waals surface area contributed by atoms with Gasteiger partial charge in [-0.05, 0) is 34.1 Å². The Bertz CT molecular complexity index is 773. The summed E-state index contributed by atoms with van der Waals surface area (Å²) in [5.41, 5.74) is 0.389. The lowest BCUT2D eigenvalue weighted by molar-refractivity contribution is -0.286. The molecule has 9 heteroatoms. The van der Waals surface area contributed by atoms with Crippen molar-refractivity contribution in [3.05, 3.63) is 45.7 Å². The van der Waals surface area contributed by atoms with Crippen LogP contribution in [-0.2, 0) is 0 Å². The highest BCUT2D eigenvalue weighted by molar-refractivity contribution is 9.10. The second kappa shape index (κ2) is 5.36. The SMILES string of the molecule is O=C(Nc1ccc2c(c1)OC(F)(F)O2)c1cc(Br)cnc1Cl. The summed E-state index contributed by atoms with van der Waals surface area (Å²) in [6.45, 7) is 0. The molecule has 1 aliphatic rings. The molecule has 22 heavy (non-hydrogen) atoms. The molecule has 0 bridgehead atoms. The fraction of sp³-hybridized carbons (Fsp3) is 0.0769. The van der Waals surface area contributed by atoms with Crippen molar-refractivity contribution in [3.8, 4) is 11.5 Å². The van der Waals surface area contributed by atoms with Gasteiger partial charge < -0.3 is 14.8 Å². The number of carbonyl (C=O) groups excluding carboxylic acids is 1. The highest BCUT2D eigenvalue weighted by atomic mass is 79.9. The molecule has 0 fully saturated rings. The second-order valence-corrected chi connectivity index (χ2v) is 5.55. The number of halogens is 4. The quantitative estimate of drug-likeness (QED) is 0.784. The molecule has 2 heterocycles.